The van der Waals surface area contributed by atoms with E-state index in [0.29, 0.717) is 6.42 Å². The summed E-state index contributed by atoms with van der Waals surface area (Å²) in [5.74, 6) is 0. The highest BCUT2D eigenvalue weighted by Gasteiger charge is 1.97. The van der Waals surface area contributed by atoms with Gasteiger partial charge in [0.15, 0.2) is 0 Å². The third kappa shape index (κ3) is 3.61. The zero-order chi connectivity index (χ0) is 8.97. The SMILES string of the molecule is OC(S)CCc1ccc(Br)cc1. The Labute approximate surface area is 86.3 Å². The molecule has 1 rings (SSSR count). The Balaban J connectivity index is 2.48. The van der Waals surface area contributed by atoms with Crippen LogP contribution in [0.15, 0.2) is 28.7 Å². The third-order valence-corrected chi connectivity index (χ3v) is 2.39. The van der Waals surface area contributed by atoms with Crippen LogP contribution in [-0.2, 0) is 6.42 Å². The van der Waals surface area contributed by atoms with Crippen molar-refractivity contribution in [3.8, 4) is 0 Å². The lowest BCUT2D eigenvalue weighted by Gasteiger charge is -2.03. The molecule has 0 spiro atoms. The second-order valence-corrected chi connectivity index (χ2v) is 4.16. The van der Waals surface area contributed by atoms with Gasteiger partial charge in [0, 0.05) is 4.47 Å². The van der Waals surface area contributed by atoms with Crippen molar-refractivity contribution in [3.63, 3.8) is 0 Å². The third-order valence-electron chi connectivity index (χ3n) is 1.60. The number of benzene rings is 1. The van der Waals surface area contributed by atoms with Gasteiger partial charge in [0.25, 0.3) is 0 Å². The largest absolute Gasteiger partial charge is 0.383 e. The molecule has 3 heteroatoms. The second-order valence-electron chi connectivity index (χ2n) is 2.65. The Morgan fingerprint density at radius 2 is 1.92 bits per heavy atom. The van der Waals surface area contributed by atoms with Gasteiger partial charge in [0.2, 0.25) is 0 Å². The van der Waals surface area contributed by atoms with Crippen LogP contribution in [-0.4, -0.2) is 10.5 Å². The standard InChI is InChI=1S/C9H11BrOS/c10-8-4-1-7(2-5-8)3-6-9(11)12/h1-2,4-5,9,11-12H,3,6H2. The van der Waals surface area contributed by atoms with E-state index >= 15 is 0 Å². The molecule has 1 atom stereocenters. The molecule has 0 aliphatic heterocycles. The number of thiol groups is 1. The minimum absolute atomic E-state index is 0.506. The van der Waals surface area contributed by atoms with Crippen molar-refractivity contribution in [1.29, 1.82) is 0 Å². The van der Waals surface area contributed by atoms with E-state index in [4.69, 9.17) is 5.11 Å². The minimum Gasteiger partial charge on any atom is -0.383 e. The van der Waals surface area contributed by atoms with Gasteiger partial charge in [-0.15, -0.1) is 12.6 Å². The maximum absolute atomic E-state index is 8.92. The maximum atomic E-state index is 8.92. The number of halogens is 1. The summed E-state index contributed by atoms with van der Waals surface area (Å²) in [6, 6.07) is 8.08. The van der Waals surface area contributed by atoms with E-state index in [1.54, 1.807) is 0 Å². The quantitative estimate of drug-likeness (QED) is 0.621. The molecule has 1 unspecified atom stereocenters. The predicted octanol–water partition coefficient (Wildman–Crippen LogP) is 2.63. The molecule has 0 bridgehead atoms. The van der Waals surface area contributed by atoms with Crippen molar-refractivity contribution in [3.05, 3.63) is 34.3 Å². The molecule has 0 aliphatic rings. The molecule has 0 aromatic heterocycles. The lowest BCUT2D eigenvalue weighted by molar-refractivity contribution is 0.255. The summed E-state index contributed by atoms with van der Waals surface area (Å²) in [6.45, 7) is 0. The summed E-state index contributed by atoms with van der Waals surface area (Å²) in [5, 5.41) is 8.92. The molecule has 1 aromatic carbocycles. The lowest BCUT2D eigenvalue weighted by Crippen LogP contribution is -1.97. The number of hydrogen-bond acceptors (Lipinski definition) is 2. The van der Waals surface area contributed by atoms with E-state index in [-0.39, 0.29) is 0 Å². The number of aryl methyl sites for hydroxylation is 1. The summed E-state index contributed by atoms with van der Waals surface area (Å²) >= 11 is 7.26. The Morgan fingerprint density at radius 3 is 2.42 bits per heavy atom. The Morgan fingerprint density at radius 1 is 1.33 bits per heavy atom. The van der Waals surface area contributed by atoms with Crippen molar-refractivity contribution in [2.24, 2.45) is 0 Å². The topological polar surface area (TPSA) is 20.2 Å². The van der Waals surface area contributed by atoms with Gasteiger partial charge >= 0.3 is 0 Å². The van der Waals surface area contributed by atoms with E-state index in [1.165, 1.54) is 5.56 Å². The molecule has 1 aromatic rings. The summed E-state index contributed by atoms with van der Waals surface area (Å²) in [7, 11) is 0. The van der Waals surface area contributed by atoms with Crippen molar-refractivity contribution in [2.45, 2.75) is 18.3 Å². The predicted molar refractivity (Wildman–Crippen MR) is 57.5 cm³/mol. The highest BCUT2D eigenvalue weighted by molar-refractivity contribution is 9.10. The molecule has 0 saturated heterocycles. The van der Waals surface area contributed by atoms with Gasteiger partial charge in [-0.2, -0.15) is 0 Å². The van der Waals surface area contributed by atoms with Gasteiger partial charge in [-0.3, -0.25) is 0 Å². The summed E-state index contributed by atoms with van der Waals surface area (Å²) < 4.78 is 1.08. The molecule has 0 radical (unpaired) electrons. The van der Waals surface area contributed by atoms with Gasteiger partial charge < -0.3 is 5.11 Å². The number of aliphatic hydroxyl groups is 1. The highest BCUT2D eigenvalue weighted by atomic mass is 79.9. The van der Waals surface area contributed by atoms with Crippen LogP contribution >= 0.6 is 28.6 Å². The first-order chi connectivity index (χ1) is 5.68. The Kier molecular flexibility index (Phi) is 4.12. The molecule has 0 fully saturated rings. The van der Waals surface area contributed by atoms with Crippen LogP contribution in [0, 0.1) is 0 Å². The molecule has 1 N–H and O–H groups in total. The van der Waals surface area contributed by atoms with Gasteiger partial charge in [-0.25, -0.2) is 0 Å². The average Bonchev–Trinajstić information content (AvgIpc) is 2.03. The first kappa shape index (κ1) is 10.1. The molecule has 66 valence electrons. The molecule has 0 aliphatic carbocycles. The van der Waals surface area contributed by atoms with Crippen LogP contribution in [0.2, 0.25) is 0 Å². The molecule has 0 amide bonds. The van der Waals surface area contributed by atoms with Crippen LogP contribution in [0.4, 0.5) is 0 Å². The number of rotatable bonds is 3. The van der Waals surface area contributed by atoms with E-state index < -0.39 is 5.44 Å². The van der Waals surface area contributed by atoms with Crippen LogP contribution < -0.4 is 0 Å². The van der Waals surface area contributed by atoms with Gasteiger partial charge in [-0.1, -0.05) is 28.1 Å². The van der Waals surface area contributed by atoms with Gasteiger partial charge in [-0.05, 0) is 30.5 Å². The smallest absolute Gasteiger partial charge is 0.0967 e. The van der Waals surface area contributed by atoms with E-state index in [2.05, 4.69) is 28.6 Å². The van der Waals surface area contributed by atoms with Gasteiger partial charge in [0.05, 0.1) is 5.44 Å². The molecule has 0 heterocycles. The highest BCUT2D eigenvalue weighted by Crippen LogP contribution is 2.12. The Bertz CT molecular complexity index is 233. The summed E-state index contributed by atoms with van der Waals surface area (Å²) in [6.07, 6.45) is 1.57. The average molecular weight is 247 g/mol. The minimum atomic E-state index is -0.506. The lowest BCUT2D eigenvalue weighted by atomic mass is 10.1. The zero-order valence-electron chi connectivity index (χ0n) is 6.57. The monoisotopic (exact) mass is 246 g/mol. The first-order valence-electron chi connectivity index (χ1n) is 3.79. The fourth-order valence-corrected chi connectivity index (χ4v) is 1.34. The van der Waals surface area contributed by atoms with Crippen molar-refractivity contribution < 1.29 is 5.11 Å². The Hall–Kier alpha value is 0.01000. The van der Waals surface area contributed by atoms with Crippen LogP contribution in [0.5, 0.6) is 0 Å². The number of aliphatic hydroxyl groups excluding tert-OH is 1. The molecular weight excluding hydrogens is 236 g/mol. The van der Waals surface area contributed by atoms with E-state index in [0.717, 1.165) is 10.9 Å². The zero-order valence-corrected chi connectivity index (χ0v) is 9.05. The van der Waals surface area contributed by atoms with Crippen LogP contribution in [0.3, 0.4) is 0 Å². The van der Waals surface area contributed by atoms with Crippen molar-refractivity contribution in [2.75, 3.05) is 0 Å². The fourth-order valence-electron chi connectivity index (χ4n) is 0.947. The van der Waals surface area contributed by atoms with E-state index in [9.17, 15) is 0 Å². The summed E-state index contributed by atoms with van der Waals surface area (Å²) in [4.78, 5) is 0. The molecule has 12 heavy (non-hydrogen) atoms. The van der Waals surface area contributed by atoms with Crippen LogP contribution in [0.1, 0.15) is 12.0 Å². The normalized spacial score (nSPS) is 12.9. The first-order valence-corrected chi connectivity index (χ1v) is 5.10. The van der Waals surface area contributed by atoms with Crippen LogP contribution in [0.25, 0.3) is 0 Å². The fraction of sp³-hybridized carbons (Fsp3) is 0.333. The van der Waals surface area contributed by atoms with E-state index in [1.807, 2.05) is 24.3 Å². The molecule has 0 saturated carbocycles. The van der Waals surface area contributed by atoms with Crippen molar-refractivity contribution in [1.82, 2.24) is 0 Å². The second kappa shape index (κ2) is 4.90. The molecule has 1 nitrogen and oxygen atoms in total. The van der Waals surface area contributed by atoms with Gasteiger partial charge in [0.1, 0.15) is 0 Å². The maximum Gasteiger partial charge on any atom is 0.0967 e. The molecular formula is C9H11BrOS. The number of hydrogen-bond donors (Lipinski definition) is 2. The van der Waals surface area contributed by atoms with Crippen molar-refractivity contribution >= 4 is 28.6 Å². The summed E-state index contributed by atoms with van der Waals surface area (Å²) in [5.41, 5.74) is 0.722.